The van der Waals surface area contributed by atoms with Gasteiger partial charge in [0.05, 0.1) is 21.8 Å². The number of nitrogens with one attached hydrogen (secondary N) is 1. The van der Waals surface area contributed by atoms with Gasteiger partial charge in [-0.25, -0.2) is 0 Å². The van der Waals surface area contributed by atoms with E-state index in [0.29, 0.717) is 16.1 Å². The van der Waals surface area contributed by atoms with Crippen LogP contribution in [0.25, 0.3) is 0 Å². The first-order valence-corrected chi connectivity index (χ1v) is 5.82. The van der Waals surface area contributed by atoms with Crippen molar-refractivity contribution in [3.05, 3.63) is 28.2 Å². The minimum absolute atomic E-state index is 0.306. The Hall–Kier alpha value is -0.440. The molecule has 0 amide bonds. The zero-order valence-corrected chi connectivity index (χ0v) is 9.81. The molecular formula is C11H13Cl2NO. The van der Waals surface area contributed by atoms with E-state index >= 15 is 0 Å². The molecule has 0 saturated carbocycles. The quantitative estimate of drug-likeness (QED) is 0.879. The van der Waals surface area contributed by atoms with Gasteiger partial charge in [-0.05, 0) is 25.0 Å². The number of rotatable bonds is 3. The van der Waals surface area contributed by atoms with E-state index < -0.39 is 0 Å². The fourth-order valence-electron chi connectivity index (χ4n) is 1.67. The van der Waals surface area contributed by atoms with E-state index in [2.05, 4.69) is 5.32 Å². The van der Waals surface area contributed by atoms with Crippen LogP contribution in [0.3, 0.4) is 0 Å². The fourth-order valence-corrected chi connectivity index (χ4v) is 2.04. The topological polar surface area (TPSA) is 21.3 Å². The molecule has 15 heavy (non-hydrogen) atoms. The Morgan fingerprint density at radius 3 is 3.00 bits per heavy atom. The highest BCUT2D eigenvalue weighted by Gasteiger charge is 2.15. The molecule has 1 aromatic rings. The lowest BCUT2D eigenvalue weighted by molar-refractivity contribution is 0.120. The van der Waals surface area contributed by atoms with E-state index in [1.165, 1.54) is 0 Å². The molecule has 1 unspecified atom stereocenters. The summed E-state index contributed by atoms with van der Waals surface area (Å²) in [5.74, 6) is 0. The molecule has 1 aliphatic rings. The van der Waals surface area contributed by atoms with Crippen LogP contribution < -0.4 is 5.32 Å². The number of hydrogen-bond acceptors (Lipinski definition) is 2. The Bertz CT molecular complexity index is 337. The first kappa shape index (κ1) is 11.1. The predicted molar refractivity (Wildman–Crippen MR) is 63.9 cm³/mol. The largest absolute Gasteiger partial charge is 0.381 e. The molecule has 0 radical (unpaired) electrons. The van der Waals surface area contributed by atoms with E-state index in [-0.39, 0.29) is 0 Å². The molecule has 2 rings (SSSR count). The summed E-state index contributed by atoms with van der Waals surface area (Å²) in [5.41, 5.74) is 0.875. The zero-order chi connectivity index (χ0) is 10.7. The van der Waals surface area contributed by atoms with Gasteiger partial charge >= 0.3 is 0 Å². The average Bonchev–Trinajstić information content (AvgIpc) is 2.73. The third kappa shape index (κ3) is 2.77. The van der Waals surface area contributed by atoms with E-state index in [0.717, 1.165) is 31.7 Å². The minimum Gasteiger partial charge on any atom is -0.381 e. The van der Waals surface area contributed by atoms with Crippen molar-refractivity contribution in [1.29, 1.82) is 0 Å². The smallest absolute Gasteiger partial charge is 0.0823 e. The second kappa shape index (κ2) is 5.06. The molecule has 0 aromatic heterocycles. The molecular weight excluding hydrogens is 233 g/mol. The Balaban J connectivity index is 1.95. The van der Waals surface area contributed by atoms with Crippen molar-refractivity contribution in [1.82, 2.24) is 0 Å². The van der Waals surface area contributed by atoms with E-state index in [4.69, 9.17) is 27.9 Å². The van der Waals surface area contributed by atoms with Crippen molar-refractivity contribution >= 4 is 28.9 Å². The summed E-state index contributed by atoms with van der Waals surface area (Å²) < 4.78 is 5.51. The lowest BCUT2D eigenvalue weighted by Crippen LogP contribution is -2.18. The Morgan fingerprint density at radius 2 is 2.27 bits per heavy atom. The van der Waals surface area contributed by atoms with Crippen LogP contribution in [0, 0.1) is 0 Å². The maximum absolute atomic E-state index is 6.04. The summed E-state index contributed by atoms with van der Waals surface area (Å²) in [4.78, 5) is 0. The Kier molecular flexibility index (Phi) is 3.73. The van der Waals surface area contributed by atoms with Crippen molar-refractivity contribution in [2.75, 3.05) is 18.5 Å². The Morgan fingerprint density at radius 1 is 1.40 bits per heavy atom. The third-order valence-corrected chi connectivity index (χ3v) is 3.31. The number of hydrogen-bond donors (Lipinski definition) is 1. The highest BCUT2D eigenvalue weighted by Crippen LogP contribution is 2.29. The normalized spacial score (nSPS) is 20.5. The molecule has 2 nitrogen and oxygen atoms in total. The van der Waals surface area contributed by atoms with Crippen molar-refractivity contribution in [3.63, 3.8) is 0 Å². The van der Waals surface area contributed by atoms with Crippen LogP contribution >= 0.6 is 23.2 Å². The summed E-state index contributed by atoms with van der Waals surface area (Å²) in [7, 11) is 0. The van der Waals surface area contributed by atoms with Crippen molar-refractivity contribution in [2.24, 2.45) is 0 Å². The van der Waals surface area contributed by atoms with Gasteiger partial charge in [0.25, 0.3) is 0 Å². The number of benzene rings is 1. The van der Waals surface area contributed by atoms with Gasteiger partial charge in [0, 0.05) is 13.2 Å². The average molecular weight is 246 g/mol. The fraction of sp³-hybridized carbons (Fsp3) is 0.455. The van der Waals surface area contributed by atoms with Crippen molar-refractivity contribution < 1.29 is 4.74 Å². The molecule has 1 saturated heterocycles. The van der Waals surface area contributed by atoms with Gasteiger partial charge in [0.1, 0.15) is 0 Å². The monoisotopic (exact) mass is 245 g/mol. The highest BCUT2D eigenvalue weighted by atomic mass is 35.5. The molecule has 1 atom stereocenters. The molecule has 1 N–H and O–H groups in total. The molecule has 82 valence electrons. The molecule has 4 heteroatoms. The first-order valence-electron chi connectivity index (χ1n) is 5.07. The third-order valence-electron chi connectivity index (χ3n) is 2.50. The van der Waals surface area contributed by atoms with Crippen LogP contribution in [0.4, 0.5) is 5.69 Å². The summed E-state index contributed by atoms with van der Waals surface area (Å²) >= 11 is 11.9. The van der Waals surface area contributed by atoms with Gasteiger partial charge in [0.15, 0.2) is 0 Å². The molecule has 1 aliphatic heterocycles. The SMILES string of the molecule is Clc1cccc(NCC2CCCO2)c1Cl. The van der Waals surface area contributed by atoms with E-state index in [1.807, 2.05) is 12.1 Å². The molecule has 0 aliphatic carbocycles. The van der Waals surface area contributed by atoms with E-state index in [9.17, 15) is 0 Å². The molecule has 1 heterocycles. The highest BCUT2D eigenvalue weighted by molar-refractivity contribution is 6.43. The van der Waals surface area contributed by atoms with Gasteiger partial charge in [-0.15, -0.1) is 0 Å². The first-order chi connectivity index (χ1) is 7.27. The van der Waals surface area contributed by atoms with Gasteiger partial charge in [0.2, 0.25) is 0 Å². The van der Waals surface area contributed by atoms with Crippen LogP contribution in [-0.2, 0) is 4.74 Å². The number of ether oxygens (including phenoxy) is 1. The van der Waals surface area contributed by atoms with Crippen LogP contribution in [0.5, 0.6) is 0 Å². The van der Waals surface area contributed by atoms with Gasteiger partial charge in [-0.1, -0.05) is 29.3 Å². The van der Waals surface area contributed by atoms with Crippen molar-refractivity contribution in [3.8, 4) is 0 Å². The lowest BCUT2D eigenvalue weighted by Gasteiger charge is -2.13. The van der Waals surface area contributed by atoms with E-state index in [1.54, 1.807) is 6.07 Å². The summed E-state index contributed by atoms with van der Waals surface area (Å²) in [6.07, 6.45) is 2.57. The summed E-state index contributed by atoms with van der Waals surface area (Å²) in [5, 5.41) is 4.41. The molecule has 1 aromatic carbocycles. The number of anilines is 1. The van der Waals surface area contributed by atoms with Crippen molar-refractivity contribution in [2.45, 2.75) is 18.9 Å². The van der Waals surface area contributed by atoms with Gasteiger partial charge in [-0.2, -0.15) is 0 Å². The second-order valence-electron chi connectivity index (χ2n) is 3.62. The standard InChI is InChI=1S/C11H13Cl2NO/c12-9-4-1-5-10(11(9)13)14-7-8-3-2-6-15-8/h1,4-5,8,14H,2-3,6-7H2. The second-order valence-corrected chi connectivity index (χ2v) is 4.40. The summed E-state index contributed by atoms with van der Waals surface area (Å²) in [6, 6.07) is 5.58. The number of halogens is 2. The molecule has 1 fully saturated rings. The maximum Gasteiger partial charge on any atom is 0.0823 e. The van der Waals surface area contributed by atoms with Crippen LogP contribution in [0.15, 0.2) is 18.2 Å². The molecule has 0 spiro atoms. The summed E-state index contributed by atoms with van der Waals surface area (Å²) in [6.45, 7) is 1.66. The lowest BCUT2D eigenvalue weighted by atomic mass is 10.2. The van der Waals surface area contributed by atoms with Gasteiger partial charge < -0.3 is 10.1 Å². The van der Waals surface area contributed by atoms with Crippen LogP contribution in [0.1, 0.15) is 12.8 Å². The zero-order valence-electron chi connectivity index (χ0n) is 8.30. The minimum atomic E-state index is 0.306. The van der Waals surface area contributed by atoms with Gasteiger partial charge in [-0.3, -0.25) is 0 Å². The predicted octanol–water partition coefficient (Wildman–Crippen LogP) is 3.58. The van der Waals surface area contributed by atoms with Crippen LogP contribution in [0.2, 0.25) is 10.0 Å². The van der Waals surface area contributed by atoms with Crippen LogP contribution in [-0.4, -0.2) is 19.3 Å². The Labute approximate surface area is 99.5 Å². The maximum atomic E-state index is 6.04. The molecule has 0 bridgehead atoms.